The monoisotopic (exact) mass is 477 g/mol. The van der Waals surface area contributed by atoms with E-state index in [0.717, 1.165) is 29.2 Å². The number of anilines is 1. The van der Waals surface area contributed by atoms with E-state index in [1.165, 1.54) is 13.3 Å². The predicted octanol–water partition coefficient (Wildman–Crippen LogP) is 3.97. The third-order valence-electron chi connectivity index (χ3n) is 6.56. The van der Waals surface area contributed by atoms with Gasteiger partial charge in [0.15, 0.2) is 11.6 Å². The van der Waals surface area contributed by atoms with Crippen LogP contribution in [0.2, 0.25) is 0 Å². The molecule has 3 N–H and O–H groups in total. The highest BCUT2D eigenvalue weighted by Crippen LogP contribution is 2.40. The van der Waals surface area contributed by atoms with Crippen LogP contribution < -0.4 is 20.8 Å². The highest BCUT2D eigenvalue weighted by molar-refractivity contribution is 5.97. The number of pyridine rings is 1. The molecule has 0 spiro atoms. The number of carboxylic acids is 1. The molecule has 35 heavy (non-hydrogen) atoms. The first-order valence-electron chi connectivity index (χ1n) is 11.3. The largest absolute Gasteiger partial charge is 0.492 e. The zero-order valence-corrected chi connectivity index (χ0v) is 19.6. The summed E-state index contributed by atoms with van der Waals surface area (Å²) in [7, 11) is 1.42. The zero-order chi connectivity index (χ0) is 25.3. The molecule has 1 aliphatic heterocycles. The van der Waals surface area contributed by atoms with Gasteiger partial charge in [-0.1, -0.05) is 37.4 Å². The van der Waals surface area contributed by atoms with Crippen LogP contribution >= 0.6 is 0 Å². The number of methoxy groups -OCH3 is 1. The van der Waals surface area contributed by atoms with Crippen LogP contribution in [0.15, 0.2) is 48.4 Å². The first kappa shape index (κ1) is 24.2. The number of aromatic carboxylic acids is 1. The van der Waals surface area contributed by atoms with Crippen molar-refractivity contribution in [2.45, 2.75) is 13.0 Å². The van der Waals surface area contributed by atoms with Gasteiger partial charge in [-0.2, -0.15) is 0 Å². The van der Waals surface area contributed by atoms with Crippen LogP contribution in [-0.4, -0.2) is 42.4 Å². The summed E-state index contributed by atoms with van der Waals surface area (Å²) in [6, 6.07) is 6.81. The highest BCUT2D eigenvalue weighted by Gasteiger charge is 2.30. The molecule has 1 saturated heterocycles. The summed E-state index contributed by atoms with van der Waals surface area (Å²) in [5.41, 5.74) is 7.82. The molecule has 1 aromatic heterocycles. The Kier molecular flexibility index (Phi) is 6.75. The Hall–Kier alpha value is -3.91. The summed E-state index contributed by atoms with van der Waals surface area (Å²) < 4.78 is 22.8. The molecule has 8 heteroatoms. The van der Waals surface area contributed by atoms with E-state index in [0.29, 0.717) is 25.2 Å². The van der Waals surface area contributed by atoms with Gasteiger partial charge < -0.3 is 25.0 Å². The van der Waals surface area contributed by atoms with Crippen LogP contribution in [0.3, 0.4) is 0 Å². The first-order valence-corrected chi connectivity index (χ1v) is 11.3. The van der Waals surface area contributed by atoms with Crippen LogP contribution in [-0.2, 0) is 6.54 Å². The summed E-state index contributed by atoms with van der Waals surface area (Å²) in [5, 5.41) is 9.61. The van der Waals surface area contributed by atoms with Gasteiger partial charge in [-0.15, -0.1) is 0 Å². The van der Waals surface area contributed by atoms with Crippen molar-refractivity contribution >= 4 is 34.7 Å². The topological polar surface area (TPSA) is 97.8 Å². The van der Waals surface area contributed by atoms with Gasteiger partial charge in [0.2, 0.25) is 5.43 Å². The average molecular weight is 478 g/mol. The van der Waals surface area contributed by atoms with Crippen molar-refractivity contribution in [1.29, 1.82) is 0 Å². The van der Waals surface area contributed by atoms with E-state index in [9.17, 15) is 14.7 Å². The Morgan fingerprint density at radius 3 is 2.63 bits per heavy atom. The van der Waals surface area contributed by atoms with Crippen molar-refractivity contribution in [3.8, 4) is 5.75 Å². The minimum atomic E-state index is -1.38. The standard InChI is InChI=1S/C27H28FN3O4/c1-4-18-7-6-16(10-19(18)5-2)13-31-15-21(27(33)34)25(32)20-11-22(28)24(26(35-3)23(20)31)30-9-8-17(12-29)14-30/h4-7,10-11,15,17H,1-2,8-9,12-14,29H2,3H3,(H,33,34). The van der Waals surface area contributed by atoms with Crippen LogP contribution in [0.5, 0.6) is 5.75 Å². The van der Waals surface area contributed by atoms with E-state index in [1.54, 1.807) is 16.7 Å². The number of hydrogen-bond acceptors (Lipinski definition) is 5. The van der Waals surface area contributed by atoms with E-state index in [-0.39, 0.29) is 29.3 Å². The van der Waals surface area contributed by atoms with Gasteiger partial charge >= 0.3 is 5.97 Å². The van der Waals surface area contributed by atoms with E-state index in [1.807, 2.05) is 23.1 Å². The molecule has 182 valence electrons. The lowest BCUT2D eigenvalue weighted by Gasteiger charge is -2.25. The Balaban J connectivity index is 1.98. The SMILES string of the molecule is C=Cc1ccc(Cn2cc(C(=O)O)c(=O)c3cc(F)c(N4CCC(CN)C4)c(OC)c32)cc1C=C. The van der Waals surface area contributed by atoms with Crippen LogP contribution in [0.25, 0.3) is 23.1 Å². The Bertz CT molecular complexity index is 1400. The number of rotatable bonds is 8. The normalized spacial score (nSPS) is 15.4. The van der Waals surface area contributed by atoms with Crippen molar-refractivity contribution < 1.29 is 19.0 Å². The summed E-state index contributed by atoms with van der Waals surface area (Å²) in [6.07, 6.45) is 5.55. The molecule has 0 saturated carbocycles. The van der Waals surface area contributed by atoms with Gasteiger partial charge in [0.25, 0.3) is 0 Å². The number of aromatic nitrogens is 1. The third-order valence-corrected chi connectivity index (χ3v) is 6.56. The second-order valence-electron chi connectivity index (χ2n) is 8.65. The maximum absolute atomic E-state index is 15.4. The van der Waals surface area contributed by atoms with Gasteiger partial charge in [0.05, 0.1) is 18.0 Å². The molecule has 4 rings (SSSR count). The number of ether oxygens (including phenoxy) is 1. The van der Waals surface area contributed by atoms with E-state index < -0.39 is 22.8 Å². The summed E-state index contributed by atoms with van der Waals surface area (Å²) >= 11 is 0. The molecule has 2 aromatic carbocycles. The van der Waals surface area contributed by atoms with Crippen molar-refractivity contribution in [1.82, 2.24) is 4.57 Å². The minimum absolute atomic E-state index is 0.0516. The molecule has 1 aliphatic rings. The quantitative estimate of drug-likeness (QED) is 0.510. The van der Waals surface area contributed by atoms with Crippen LogP contribution in [0, 0.1) is 11.7 Å². The molecule has 0 amide bonds. The smallest absolute Gasteiger partial charge is 0.341 e. The number of nitrogens with zero attached hydrogens (tertiary/aromatic N) is 2. The number of carboxylic acid groups (broad SMARTS) is 1. The maximum Gasteiger partial charge on any atom is 0.341 e. The van der Waals surface area contributed by atoms with E-state index in [4.69, 9.17) is 10.5 Å². The molecule has 0 radical (unpaired) electrons. The van der Waals surface area contributed by atoms with E-state index >= 15 is 4.39 Å². The van der Waals surface area contributed by atoms with Crippen molar-refractivity contribution in [2.24, 2.45) is 11.7 Å². The Morgan fingerprint density at radius 1 is 1.29 bits per heavy atom. The molecular formula is C27H28FN3O4. The molecule has 1 atom stereocenters. The Labute approximate surface area is 202 Å². The fraction of sp³-hybridized carbons (Fsp3) is 0.259. The fourth-order valence-corrected chi connectivity index (χ4v) is 4.76. The summed E-state index contributed by atoms with van der Waals surface area (Å²) in [4.78, 5) is 26.8. The number of carbonyl (C=O) groups is 1. The average Bonchev–Trinajstić information content (AvgIpc) is 3.33. The second kappa shape index (κ2) is 9.76. The predicted molar refractivity (Wildman–Crippen MR) is 137 cm³/mol. The summed E-state index contributed by atoms with van der Waals surface area (Å²) in [6.45, 7) is 9.54. The van der Waals surface area contributed by atoms with Gasteiger partial charge in [-0.05, 0) is 47.7 Å². The lowest BCUT2D eigenvalue weighted by Crippen LogP contribution is -2.25. The molecular weight excluding hydrogens is 449 g/mol. The summed E-state index contributed by atoms with van der Waals surface area (Å²) in [5.74, 6) is -1.60. The number of nitrogens with two attached hydrogens (primary N) is 1. The highest BCUT2D eigenvalue weighted by atomic mass is 19.1. The van der Waals surface area contributed by atoms with Crippen molar-refractivity contribution in [3.63, 3.8) is 0 Å². The maximum atomic E-state index is 15.4. The Morgan fingerprint density at radius 2 is 2.03 bits per heavy atom. The van der Waals surface area contributed by atoms with Gasteiger partial charge in [0.1, 0.15) is 11.3 Å². The van der Waals surface area contributed by atoms with E-state index in [2.05, 4.69) is 13.2 Å². The molecule has 0 aliphatic carbocycles. The lowest BCUT2D eigenvalue weighted by atomic mass is 10.0. The zero-order valence-electron chi connectivity index (χ0n) is 19.6. The molecule has 1 fully saturated rings. The first-order chi connectivity index (χ1) is 16.8. The molecule has 3 aromatic rings. The minimum Gasteiger partial charge on any atom is -0.492 e. The third kappa shape index (κ3) is 4.33. The molecule has 1 unspecified atom stereocenters. The number of benzene rings is 2. The number of fused-ring (bicyclic) bond motifs is 1. The van der Waals surface area contributed by atoms with Crippen LogP contribution in [0.4, 0.5) is 10.1 Å². The number of hydrogen-bond donors (Lipinski definition) is 2. The molecule has 2 heterocycles. The lowest BCUT2D eigenvalue weighted by molar-refractivity contribution is 0.0695. The van der Waals surface area contributed by atoms with Crippen molar-refractivity contribution in [3.05, 3.63) is 81.9 Å². The fourth-order valence-electron chi connectivity index (χ4n) is 4.76. The van der Waals surface area contributed by atoms with Gasteiger partial charge in [-0.25, -0.2) is 9.18 Å². The van der Waals surface area contributed by atoms with Gasteiger partial charge in [-0.3, -0.25) is 4.79 Å². The second-order valence-corrected chi connectivity index (χ2v) is 8.65. The van der Waals surface area contributed by atoms with Crippen molar-refractivity contribution in [2.75, 3.05) is 31.6 Å². The number of halogens is 1. The van der Waals surface area contributed by atoms with Crippen LogP contribution in [0.1, 0.15) is 33.5 Å². The molecule has 7 nitrogen and oxygen atoms in total. The van der Waals surface area contributed by atoms with Gasteiger partial charge in [0, 0.05) is 25.8 Å². The molecule has 0 bridgehead atoms.